The molecule has 3 aromatic carbocycles. The highest BCUT2D eigenvalue weighted by atomic mass is 32.1. The molecule has 39 heavy (non-hydrogen) atoms. The van der Waals surface area contributed by atoms with Crippen molar-refractivity contribution >= 4 is 39.6 Å². The average Bonchev–Trinajstić information content (AvgIpc) is 3.59. The number of aromatic nitrogens is 2. The predicted octanol–water partition coefficient (Wildman–Crippen LogP) is 7.25. The molecule has 0 aliphatic carbocycles. The van der Waals surface area contributed by atoms with Crippen molar-refractivity contribution in [2.75, 3.05) is 4.90 Å². The molecule has 194 valence electrons. The first-order valence-corrected chi connectivity index (χ1v) is 13.7. The molecule has 0 bridgehead atoms. The number of nitrogens with one attached hydrogen (secondary N) is 1. The highest BCUT2D eigenvalue weighted by Crippen LogP contribution is 2.46. The number of anilines is 1. The van der Waals surface area contributed by atoms with E-state index in [0.29, 0.717) is 21.3 Å². The van der Waals surface area contributed by atoms with E-state index in [-0.39, 0.29) is 11.4 Å². The molecular formula is C32H27N3O3S. The minimum atomic E-state index is -0.810. The summed E-state index contributed by atoms with van der Waals surface area (Å²) in [5, 5.41) is 12.9. The van der Waals surface area contributed by atoms with Crippen LogP contribution in [-0.2, 0) is 11.2 Å². The van der Waals surface area contributed by atoms with Gasteiger partial charge in [0.15, 0.2) is 5.76 Å². The van der Waals surface area contributed by atoms with Gasteiger partial charge in [-0.1, -0.05) is 67.6 Å². The Balaban J connectivity index is 1.53. The predicted molar refractivity (Wildman–Crippen MR) is 155 cm³/mol. The van der Waals surface area contributed by atoms with Crippen molar-refractivity contribution in [2.24, 2.45) is 0 Å². The summed E-state index contributed by atoms with van der Waals surface area (Å²) in [5.74, 6) is -1.51. The zero-order valence-electron chi connectivity index (χ0n) is 21.9. The molecule has 2 aromatic heterocycles. The van der Waals surface area contributed by atoms with Crippen molar-refractivity contribution < 1.29 is 14.7 Å². The van der Waals surface area contributed by atoms with Crippen molar-refractivity contribution in [1.29, 1.82) is 0 Å². The molecule has 2 N–H and O–H groups in total. The van der Waals surface area contributed by atoms with Gasteiger partial charge in [-0.05, 0) is 44.0 Å². The molecule has 0 fully saturated rings. The summed E-state index contributed by atoms with van der Waals surface area (Å²) in [5.41, 5.74) is 5.81. The number of fused-ring (bicyclic) bond motifs is 1. The van der Waals surface area contributed by atoms with Gasteiger partial charge >= 0.3 is 0 Å². The van der Waals surface area contributed by atoms with E-state index in [2.05, 4.69) is 16.9 Å². The number of carbonyl (C=O) groups is 2. The highest BCUT2D eigenvalue weighted by molar-refractivity contribution is 7.17. The number of Topliss-reactive ketones (excluding diaryl/α,β-unsaturated/α-hetero) is 1. The molecule has 6 rings (SSSR count). The number of hydrogen-bond donors (Lipinski definition) is 2. The molecule has 1 unspecified atom stereocenters. The van der Waals surface area contributed by atoms with Crippen LogP contribution in [0.4, 0.5) is 5.69 Å². The Hall–Kier alpha value is -4.49. The highest BCUT2D eigenvalue weighted by Gasteiger charge is 2.46. The molecule has 1 amide bonds. The van der Waals surface area contributed by atoms with Gasteiger partial charge < -0.3 is 10.1 Å². The molecule has 1 atom stereocenters. The van der Waals surface area contributed by atoms with E-state index in [0.717, 1.165) is 39.7 Å². The zero-order chi connectivity index (χ0) is 27.3. The van der Waals surface area contributed by atoms with Crippen LogP contribution in [0.25, 0.3) is 21.5 Å². The maximum atomic E-state index is 14.3. The number of amides is 1. The Morgan fingerprint density at radius 2 is 1.69 bits per heavy atom. The van der Waals surface area contributed by atoms with Gasteiger partial charge in [0, 0.05) is 33.4 Å². The Morgan fingerprint density at radius 3 is 2.41 bits per heavy atom. The molecule has 6 nitrogen and oxygen atoms in total. The number of rotatable bonds is 6. The van der Waals surface area contributed by atoms with Gasteiger partial charge in [-0.3, -0.25) is 14.5 Å². The summed E-state index contributed by atoms with van der Waals surface area (Å²) in [4.78, 5) is 38.0. The number of thiazole rings is 1. The zero-order valence-corrected chi connectivity index (χ0v) is 22.7. The molecule has 0 saturated carbocycles. The molecule has 5 aromatic rings. The molecule has 0 saturated heterocycles. The van der Waals surface area contributed by atoms with E-state index < -0.39 is 17.7 Å². The van der Waals surface area contributed by atoms with Crippen LogP contribution in [0, 0.1) is 13.8 Å². The number of benzene rings is 3. The lowest BCUT2D eigenvalue weighted by molar-refractivity contribution is -0.117. The van der Waals surface area contributed by atoms with Gasteiger partial charge in [0.25, 0.3) is 5.91 Å². The lowest BCUT2D eigenvalue weighted by atomic mass is 9.92. The van der Waals surface area contributed by atoms with Gasteiger partial charge in [-0.2, -0.15) is 0 Å². The van der Waals surface area contributed by atoms with Gasteiger partial charge in [0.05, 0.1) is 22.2 Å². The fourth-order valence-electron chi connectivity index (χ4n) is 5.35. The van der Waals surface area contributed by atoms with Crippen LogP contribution in [0.3, 0.4) is 0 Å². The Morgan fingerprint density at radius 1 is 1.00 bits per heavy atom. The monoisotopic (exact) mass is 533 g/mol. The number of aliphatic hydroxyl groups excluding tert-OH is 1. The normalized spacial score (nSPS) is 15.5. The number of para-hydroxylation sites is 1. The molecule has 0 radical (unpaired) electrons. The minimum Gasteiger partial charge on any atom is -0.503 e. The first-order valence-electron chi connectivity index (χ1n) is 12.9. The number of aryl methyl sites for hydroxylation is 3. The second kappa shape index (κ2) is 9.67. The van der Waals surface area contributed by atoms with Crippen LogP contribution in [0.2, 0.25) is 0 Å². The number of ketones is 1. The van der Waals surface area contributed by atoms with Crippen LogP contribution in [-0.4, -0.2) is 26.8 Å². The number of aromatic amines is 1. The second-order valence-electron chi connectivity index (χ2n) is 9.70. The quantitative estimate of drug-likeness (QED) is 0.225. The Labute approximate surface area is 230 Å². The number of hydrogen-bond acceptors (Lipinski definition) is 5. The topological polar surface area (TPSA) is 86.3 Å². The van der Waals surface area contributed by atoms with E-state index in [1.54, 1.807) is 11.8 Å². The number of carbonyl (C=O) groups excluding carboxylic acids is 2. The van der Waals surface area contributed by atoms with Crippen molar-refractivity contribution in [2.45, 2.75) is 33.2 Å². The van der Waals surface area contributed by atoms with Gasteiger partial charge in [-0.25, -0.2) is 4.98 Å². The van der Waals surface area contributed by atoms with Crippen LogP contribution in [0.15, 0.2) is 90.2 Å². The third kappa shape index (κ3) is 4.06. The molecule has 3 heterocycles. The SMILES string of the molecule is CCc1ccc(N2C(=O)C(O)=C(C(=O)c3sc(-c4ccccc4)nc3C)C2c2c(C)[nH]c3ccccc23)cc1. The summed E-state index contributed by atoms with van der Waals surface area (Å²) in [6.07, 6.45) is 0.862. The Bertz CT molecular complexity index is 1760. The molecular weight excluding hydrogens is 506 g/mol. The fourth-order valence-corrected chi connectivity index (χ4v) is 6.38. The lowest BCUT2D eigenvalue weighted by Gasteiger charge is -2.27. The minimum absolute atomic E-state index is 0.0683. The lowest BCUT2D eigenvalue weighted by Crippen LogP contribution is -2.31. The van der Waals surface area contributed by atoms with Crippen LogP contribution in [0.5, 0.6) is 0 Å². The molecule has 0 spiro atoms. The van der Waals surface area contributed by atoms with Crippen LogP contribution < -0.4 is 4.90 Å². The molecule has 1 aliphatic heterocycles. The first kappa shape index (κ1) is 24.8. The Kier molecular flexibility index (Phi) is 6.16. The van der Waals surface area contributed by atoms with E-state index in [1.807, 2.05) is 85.8 Å². The van der Waals surface area contributed by atoms with E-state index in [1.165, 1.54) is 11.3 Å². The third-order valence-electron chi connectivity index (χ3n) is 7.32. The summed E-state index contributed by atoms with van der Waals surface area (Å²) in [7, 11) is 0. The second-order valence-corrected chi connectivity index (χ2v) is 10.7. The average molecular weight is 534 g/mol. The number of nitrogens with zero attached hydrogens (tertiary/aromatic N) is 2. The maximum absolute atomic E-state index is 14.3. The largest absolute Gasteiger partial charge is 0.503 e. The van der Waals surface area contributed by atoms with E-state index >= 15 is 0 Å². The van der Waals surface area contributed by atoms with Gasteiger partial charge in [0.1, 0.15) is 5.01 Å². The van der Waals surface area contributed by atoms with E-state index in [4.69, 9.17) is 0 Å². The summed E-state index contributed by atoms with van der Waals surface area (Å²) in [6, 6.07) is 24.4. The fraction of sp³-hybridized carbons (Fsp3) is 0.156. The molecule has 1 aliphatic rings. The smallest absolute Gasteiger partial charge is 0.294 e. The summed E-state index contributed by atoms with van der Waals surface area (Å²) < 4.78 is 0. The first-order chi connectivity index (χ1) is 18.9. The van der Waals surface area contributed by atoms with Crippen molar-refractivity contribution in [3.8, 4) is 10.6 Å². The van der Waals surface area contributed by atoms with Crippen molar-refractivity contribution in [1.82, 2.24) is 9.97 Å². The standard InChI is InChI=1S/C32H27N3O3S/c1-4-20-14-16-22(17-15-20)35-27(25-18(2)33-24-13-9-8-12-23(24)25)26(29(37)32(35)38)28(36)30-19(3)34-31(39-30)21-10-6-5-7-11-21/h5-17,27,33,37H,4H2,1-3H3. The number of H-pyrrole nitrogens is 1. The van der Waals surface area contributed by atoms with Crippen molar-refractivity contribution in [3.63, 3.8) is 0 Å². The number of aliphatic hydroxyl groups is 1. The summed E-state index contributed by atoms with van der Waals surface area (Å²) in [6.45, 7) is 5.79. The summed E-state index contributed by atoms with van der Waals surface area (Å²) >= 11 is 1.28. The van der Waals surface area contributed by atoms with E-state index in [9.17, 15) is 14.7 Å². The van der Waals surface area contributed by atoms with Crippen LogP contribution >= 0.6 is 11.3 Å². The van der Waals surface area contributed by atoms with Gasteiger partial charge in [0.2, 0.25) is 5.78 Å². The van der Waals surface area contributed by atoms with Crippen molar-refractivity contribution in [3.05, 3.63) is 118 Å². The van der Waals surface area contributed by atoms with Gasteiger partial charge in [-0.15, -0.1) is 11.3 Å². The molecule has 7 heteroatoms. The third-order valence-corrected chi connectivity index (χ3v) is 8.52. The van der Waals surface area contributed by atoms with Crippen LogP contribution in [0.1, 0.15) is 45.2 Å². The maximum Gasteiger partial charge on any atom is 0.294 e.